The lowest BCUT2D eigenvalue weighted by Crippen LogP contribution is -2.39. The van der Waals surface area contributed by atoms with Crippen molar-refractivity contribution in [3.63, 3.8) is 0 Å². The van der Waals surface area contributed by atoms with Crippen molar-refractivity contribution >= 4 is 0 Å². The van der Waals surface area contributed by atoms with Crippen LogP contribution < -0.4 is 0 Å². The maximum atomic E-state index is 10.0. The average Bonchev–Trinajstić information content (AvgIpc) is 2.89. The van der Waals surface area contributed by atoms with Crippen LogP contribution in [0.15, 0.2) is 6.07 Å². The van der Waals surface area contributed by atoms with Gasteiger partial charge in [0.25, 0.3) is 0 Å². The highest BCUT2D eigenvalue weighted by molar-refractivity contribution is 5.08. The van der Waals surface area contributed by atoms with E-state index in [0.29, 0.717) is 19.5 Å². The van der Waals surface area contributed by atoms with Crippen LogP contribution in [0.25, 0.3) is 0 Å². The highest BCUT2D eigenvalue weighted by atomic mass is 16.3. The molecular weight excluding hydrogens is 234 g/mol. The third-order valence-corrected chi connectivity index (χ3v) is 3.60. The van der Waals surface area contributed by atoms with Gasteiger partial charge in [-0.15, -0.1) is 0 Å². The van der Waals surface area contributed by atoms with E-state index in [4.69, 9.17) is 10.2 Å². The van der Waals surface area contributed by atoms with Crippen molar-refractivity contribution < 1.29 is 15.3 Å². The Kier molecular flexibility index (Phi) is 4.34. The second-order valence-electron chi connectivity index (χ2n) is 5.05. The molecule has 102 valence electrons. The van der Waals surface area contributed by atoms with Crippen LogP contribution in [0.1, 0.15) is 11.4 Å². The lowest BCUT2D eigenvalue weighted by molar-refractivity contribution is 0.0785. The normalized spacial score (nSPS) is 25.2. The van der Waals surface area contributed by atoms with E-state index in [2.05, 4.69) is 10.2 Å². The van der Waals surface area contributed by atoms with Gasteiger partial charge < -0.3 is 15.3 Å². The number of aryl methyl sites for hydroxylation is 1. The van der Waals surface area contributed by atoms with Gasteiger partial charge in [0.05, 0.1) is 31.1 Å². The summed E-state index contributed by atoms with van der Waals surface area (Å²) in [6.45, 7) is 2.95. The number of aliphatic hydroxyl groups is 3. The lowest BCUT2D eigenvalue weighted by Gasteiger charge is -2.23. The van der Waals surface area contributed by atoms with E-state index in [9.17, 15) is 5.11 Å². The summed E-state index contributed by atoms with van der Waals surface area (Å²) in [4.78, 5) is 1.94. The molecule has 0 spiro atoms. The third kappa shape index (κ3) is 2.89. The Morgan fingerprint density at radius 1 is 1.44 bits per heavy atom. The molecule has 1 aliphatic rings. The van der Waals surface area contributed by atoms with Gasteiger partial charge >= 0.3 is 0 Å². The molecule has 0 aliphatic carbocycles. The molecule has 6 nitrogen and oxygen atoms in total. The maximum absolute atomic E-state index is 10.0. The number of aromatic nitrogens is 2. The Morgan fingerprint density at radius 3 is 2.72 bits per heavy atom. The van der Waals surface area contributed by atoms with Crippen molar-refractivity contribution in [3.05, 3.63) is 17.5 Å². The number of hydrogen-bond acceptors (Lipinski definition) is 5. The summed E-state index contributed by atoms with van der Waals surface area (Å²) in [7, 11) is 0. The number of aliphatic hydroxyl groups excluding tert-OH is 3. The smallest absolute Gasteiger partial charge is 0.0711 e. The first-order valence-electron chi connectivity index (χ1n) is 6.28. The zero-order valence-corrected chi connectivity index (χ0v) is 10.6. The Labute approximate surface area is 106 Å². The Bertz CT molecular complexity index is 378. The van der Waals surface area contributed by atoms with Gasteiger partial charge in [0.1, 0.15) is 0 Å². The molecule has 1 aliphatic heterocycles. The van der Waals surface area contributed by atoms with Gasteiger partial charge in [-0.25, -0.2) is 0 Å². The van der Waals surface area contributed by atoms with Gasteiger partial charge in [0.15, 0.2) is 0 Å². The molecule has 1 fully saturated rings. The number of likely N-dealkylation sites (tertiary alicyclic amines) is 1. The summed E-state index contributed by atoms with van der Waals surface area (Å²) in [6.07, 6.45) is 0.286. The minimum atomic E-state index is -0.428. The summed E-state index contributed by atoms with van der Waals surface area (Å²) >= 11 is 0. The fourth-order valence-electron chi connectivity index (χ4n) is 2.52. The number of nitrogens with one attached hydrogen (secondary N) is 1. The van der Waals surface area contributed by atoms with Crippen LogP contribution in [0.4, 0.5) is 0 Å². The second-order valence-corrected chi connectivity index (χ2v) is 5.05. The van der Waals surface area contributed by atoms with E-state index in [-0.39, 0.29) is 25.2 Å². The molecule has 1 aromatic rings. The Morgan fingerprint density at radius 2 is 2.17 bits per heavy atom. The molecule has 18 heavy (non-hydrogen) atoms. The largest absolute Gasteiger partial charge is 0.395 e. The van der Waals surface area contributed by atoms with Gasteiger partial charge in [-0.05, 0) is 19.4 Å². The SMILES string of the molecule is Cc1cc(C[C@@H]2CN(C(CO)CO)C[C@H]2O)n[nH]1. The van der Waals surface area contributed by atoms with Crippen molar-refractivity contribution in [2.75, 3.05) is 26.3 Å². The molecule has 0 bridgehead atoms. The first-order valence-corrected chi connectivity index (χ1v) is 6.28. The number of hydrogen-bond donors (Lipinski definition) is 4. The highest BCUT2D eigenvalue weighted by Crippen LogP contribution is 2.22. The molecule has 0 unspecified atom stereocenters. The van der Waals surface area contributed by atoms with Crippen LogP contribution in [-0.2, 0) is 6.42 Å². The van der Waals surface area contributed by atoms with Crippen molar-refractivity contribution in [3.8, 4) is 0 Å². The van der Waals surface area contributed by atoms with Gasteiger partial charge in [0.2, 0.25) is 0 Å². The van der Waals surface area contributed by atoms with E-state index < -0.39 is 6.10 Å². The van der Waals surface area contributed by atoms with E-state index in [1.54, 1.807) is 0 Å². The first-order chi connectivity index (χ1) is 8.63. The van der Waals surface area contributed by atoms with Crippen LogP contribution in [-0.4, -0.2) is 68.9 Å². The zero-order valence-electron chi connectivity index (χ0n) is 10.6. The topological polar surface area (TPSA) is 92.6 Å². The lowest BCUT2D eigenvalue weighted by atomic mass is 10.00. The number of nitrogens with zero attached hydrogens (tertiary/aromatic N) is 2. The maximum Gasteiger partial charge on any atom is 0.0711 e. The molecule has 0 amide bonds. The number of aromatic amines is 1. The van der Waals surface area contributed by atoms with E-state index in [0.717, 1.165) is 11.4 Å². The van der Waals surface area contributed by atoms with Crippen molar-refractivity contribution in [2.45, 2.75) is 25.5 Å². The molecule has 0 radical (unpaired) electrons. The van der Waals surface area contributed by atoms with Crippen molar-refractivity contribution in [2.24, 2.45) is 5.92 Å². The van der Waals surface area contributed by atoms with Crippen LogP contribution in [0.5, 0.6) is 0 Å². The van der Waals surface area contributed by atoms with Crippen molar-refractivity contribution in [1.82, 2.24) is 15.1 Å². The summed E-state index contributed by atoms with van der Waals surface area (Å²) in [5, 5.41) is 35.4. The molecule has 6 heteroatoms. The fourth-order valence-corrected chi connectivity index (χ4v) is 2.52. The number of β-amino-alcohol motifs (C(OH)–C–C–N with tert-alkyl or cyclic N) is 1. The van der Waals surface area contributed by atoms with Crippen LogP contribution in [0.3, 0.4) is 0 Å². The molecule has 1 saturated heterocycles. The van der Waals surface area contributed by atoms with Gasteiger partial charge in [-0.3, -0.25) is 10.00 Å². The molecule has 4 N–H and O–H groups in total. The first kappa shape index (κ1) is 13.5. The molecule has 2 atom stereocenters. The van der Waals surface area contributed by atoms with Crippen LogP contribution in [0.2, 0.25) is 0 Å². The molecular formula is C12H21N3O3. The van der Waals surface area contributed by atoms with E-state index >= 15 is 0 Å². The minimum absolute atomic E-state index is 0.0859. The molecule has 0 aromatic carbocycles. The average molecular weight is 255 g/mol. The number of rotatable bonds is 5. The van der Waals surface area contributed by atoms with Gasteiger partial charge in [-0.1, -0.05) is 0 Å². The van der Waals surface area contributed by atoms with Crippen LogP contribution in [0, 0.1) is 12.8 Å². The van der Waals surface area contributed by atoms with E-state index in [1.165, 1.54) is 0 Å². The molecule has 0 saturated carbocycles. The predicted molar refractivity (Wildman–Crippen MR) is 66.1 cm³/mol. The predicted octanol–water partition coefficient (Wildman–Crippen LogP) is -1.09. The summed E-state index contributed by atoms with van der Waals surface area (Å²) in [5.41, 5.74) is 1.96. The second kappa shape index (κ2) is 5.79. The minimum Gasteiger partial charge on any atom is -0.395 e. The van der Waals surface area contributed by atoms with E-state index in [1.807, 2.05) is 17.9 Å². The van der Waals surface area contributed by atoms with Gasteiger partial charge in [-0.2, -0.15) is 5.10 Å². The fraction of sp³-hybridized carbons (Fsp3) is 0.750. The third-order valence-electron chi connectivity index (χ3n) is 3.60. The number of H-pyrrole nitrogens is 1. The molecule has 1 aromatic heterocycles. The quantitative estimate of drug-likeness (QED) is 0.536. The molecule has 2 rings (SSSR count). The highest BCUT2D eigenvalue weighted by Gasteiger charge is 2.34. The Hall–Kier alpha value is -0.950. The summed E-state index contributed by atoms with van der Waals surface area (Å²) < 4.78 is 0. The summed E-state index contributed by atoms with van der Waals surface area (Å²) in [5.74, 6) is 0.105. The monoisotopic (exact) mass is 255 g/mol. The van der Waals surface area contributed by atoms with Crippen LogP contribution >= 0.6 is 0 Å². The standard InChI is InChI=1S/C12H21N3O3/c1-8-2-10(14-13-8)3-9-4-15(5-12(9)18)11(6-16)7-17/h2,9,11-12,16-18H,3-7H2,1H3,(H,13,14)/t9-,12-/m1/s1. The zero-order chi connectivity index (χ0) is 13.1. The summed E-state index contributed by atoms with van der Waals surface area (Å²) in [6, 6.07) is 1.70. The molecule has 2 heterocycles. The van der Waals surface area contributed by atoms with Gasteiger partial charge in [0, 0.05) is 24.7 Å². The van der Waals surface area contributed by atoms with Crippen molar-refractivity contribution in [1.29, 1.82) is 0 Å². The Balaban J connectivity index is 1.94.